The number of benzene rings is 1. The van der Waals surface area contributed by atoms with Gasteiger partial charge in [-0.1, -0.05) is 0 Å². The lowest BCUT2D eigenvalue weighted by atomic mass is 10.1. The molecule has 2 unspecified atom stereocenters. The summed E-state index contributed by atoms with van der Waals surface area (Å²) in [6.07, 6.45) is -0.275. The molecule has 21 heavy (non-hydrogen) atoms. The number of hydrogen-bond donors (Lipinski definition) is 5. The predicted octanol–water partition coefficient (Wildman–Crippen LogP) is -1.45. The summed E-state index contributed by atoms with van der Waals surface area (Å²) in [5.74, 6) is -1.84. The smallest absolute Gasteiger partial charge is 0.248 e. The van der Waals surface area contributed by atoms with Gasteiger partial charge < -0.3 is 27.2 Å². The molecule has 0 aromatic heterocycles. The largest absolute Gasteiger partial charge is 0.392 e. The second-order valence-electron chi connectivity index (χ2n) is 4.87. The zero-order chi connectivity index (χ0) is 15.6. The van der Waals surface area contributed by atoms with Gasteiger partial charge in [-0.2, -0.15) is 0 Å². The average Bonchev–Trinajstić information content (AvgIpc) is 2.85. The maximum atomic E-state index is 12.0. The van der Waals surface area contributed by atoms with Crippen LogP contribution in [0.2, 0.25) is 0 Å². The van der Waals surface area contributed by atoms with Gasteiger partial charge >= 0.3 is 0 Å². The molecule has 1 saturated heterocycles. The van der Waals surface area contributed by atoms with Crippen molar-refractivity contribution in [3.05, 3.63) is 29.3 Å². The van der Waals surface area contributed by atoms with Gasteiger partial charge in [-0.3, -0.25) is 14.4 Å². The van der Waals surface area contributed by atoms with E-state index < -0.39 is 24.0 Å². The van der Waals surface area contributed by atoms with E-state index in [1.807, 2.05) is 0 Å². The lowest BCUT2D eigenvalue weighted by Gasteiger charge is -2.12. The van der Waals surface area contributed by atoms with Crippen molar-refractivity contribution in [3.63, 3.8) is 0 Å². The van der Waals surface area contributed by atoms with Crippen molar-refractivity contribution >= 4 is 23.4 Å². The normalized spacial score (nSPS) is 21.0. The number of amides is 3. The molecule has 8 nitrogen and oxygen atoms in total. The molecule has 1 aromatic carbocycles. The van der Waals surface area contributed by atoms with E-state index in [-0.39, 0.29) is 22.7 Å². The van der Waals surface area contributed by atoms with Gasteiger partial charge in [-0.25, -0.2) is 0 Å². The fraction of sp³-hybridized carbons (Fsp3) is 0.308. The van der Waals surface area contributed by atoms with Crippen molar-refractivity contribution < 1.29 is 19.5 Å². The van der Waals surface area contributed by atoms with Crippen LogP contribution in [-0.2, 0) is 4.79 Å². The Bertz CT molecular complexity index is 570. The quantitative estimate of drug-likeness (QED) is 0.460. The Hall–Kier alpha value is -2.45. The summed E-state index contributed by atoms with van der Waals surface area (Å²) < 4.78 is 0. The van der Waals surface area contributed by atoms with E-state index in [4.69, 9.17) is 11.5 Å². The number of rotatable bonds is 4. The molecule has 8 heteroatoms. The van der Waals surface area contributed by atoms with Crippen LogP contribution in [0.3, 0.4) is 0 Å². The van der Waals surface area contributed by atoms with Gasteiger partial charge in [0.25, 0.3) is 0 Å². The molecule has 3 amide bonds. The van der Waals surface area contributed by atoms with E-state index in [2.05, 4.69) is 10.6 Å². The van der Waals surface area contributed by atoms with Gasteiger partial charge in [-0.05, 0) is 24.6 Å². The molecule has 2 rings (SSSR count). The first-order valence-electron chi connectivity index (χ1n) is 6.34. The lowest BCUT2D eigenvalue weighted by molar-refractivity contribution is -0.117. The van der Waals surface area contributed by atoms with E-state index in [0.717, 1.165) is 0 Å². The predicted molar refractivity (Wildman–Crippen MR) is 74.5 cm³/mol. The summed E-state index contributed by atoms with van der Waals surface area (Å²) in [6.45, 7) is 0.339. The monoisotopic (exact) mass is 292 g/mol. The third kappa shape index (κ3) is 3.56. The Balaban J connectivity index is 2.20. The van der Waals surface area contributed by atoms with Crippen molar-refractivity contribution in [2.75, 3.05) is 11.9 Å². The average molecular weight is 292 g/mol. The highest BCUT2D eigenvalue weighted by molar-refractivity contribution is 6.02. The molecule has 0 spiro atoms. The van der Waals surface area contributed by atoms with Crippen molar-refractivity contribution in [1.29, 1.82) is 0 Å². The summed E-state index contributed by atoms with van der Waals surface area (Å²) in [7, 11) is 0. The number of hydrogen-bond acceptors (Lipinski definition) is 5. The molecule has 112 valence electrons. The van der Waals surface area contributed by atoms with Gasteiger partial charge in [0.05, 0.1) is 12.1 Å². The molecule has 1 aliphatic heterocycles. The minimum absolute atomic E-state index is 0.0704. The fourth-order valence-corrected chi connectivity index (χ4v) is 2.13. The standard InChI is InChI=1S/C13H16N4O4/c14-11(19)6-1-7(12(15)20)3-8(2-6)17-13(21)10-4-9(18)5-16-10/h1-3,9-10,16,18H,4-5H2,(H2,14,19)(H2,15,20)(H,17,21). The first-order valence-corrected chi connectivity index (χ1v) is 6.34. The Labute approximate surface area is 120 Å². The number of aliphatic hydroxyl groups is 1. The Morgan fingerprint density at radius 2 is 1.71 bits per heavy atom. The topological polar surface area (TPSA) is 148 Å². The van der Waals surface area contributed by atoms with Crippen LogP contribution in [0.25, 0.3) is 0 Å². The fourth-order valence-electron chi connectivity index (χ4n) is 2.13. The van der Waals surface area contributed by atoms with Crippen LogP contribution in [0, 0.1) is 0 Å². The molecule has 1 aliphatic rings. The van der Waals surface area contributed by atoms with Crippen LogP contribution >= 0.6 is 0 Å². The molecule has 0 saturated carbocycles. The highest BCUT2D eigenvalue weighted by Crippen LogP contribution is 2.16. The summed E-state index contributed by atoms with van der Waals surface area (Å²) >= 11 is 0. The number of carbonyl (C=O) groups excluding carboxylic acids is 3. The second kappa shape index (κ2) is 5.90. The van der Waals surface area contributed by atoms with Crippen molar-refractivity contribution in [3.8, 4) is 0 Å². The number of aliphatic hydroxyl groups excluding tert-OH is 1. The van der Waals surface area contributed by atoms with Crippen LogP contribution < -0.4 is 22.1 Å². The van der Waals surface area contributed by atoms with Gasteiger partial charge in [-0.15, -0.1) is 0 Å². The highest BCUT2D eigenvalue weighted by atomic mass is 16.3. The molecule has 0 radical (unpaired) electrons. The molecular weight excluding hydrogens is 276 g/mol. The van der Waals surface area contributed by atoms with Crippen LogP contribution in [0.4, 0.5) is 5.69 Å². The maximum absolute atomic E-state index is 12.0. The first-order chi connectivity index (χ1) is 9.86. The second-order valence-corrected chi connectivity index (χ2v) is 4.87. The van der Waals surface area contributed by atoms with Gasteiger partial charge in [0.15, 0.2) is 0 Å². The van der Waals surface area contributed by atoms with Gasteiger partial charge in [0.2, 0.25) is 17.7 Å². The Morgan fingerprint density at radius 3 is 2.14 bits per heavy atom. The van der Waals surface area contributed by atoms with Crippen LogP contribution in [0.15, 0.2) is 18.2 Å². The molecular formula is C13H16N4O4. The molecule has 1 aromatic rings. The van der Waals surface area contributed by atoms with E-state index in [1.54, 1.807) is 0 Å². The van der Waals surface area contributed by atoms with Crippen molar-refractivity contribution in [2.45, 2.75) is 18.6 Å². The minimum Gasteiger partial charge on any atom is -0.392 e. The lowest BCUT2D eigenvalue weighted by Crippen LogP contribution is -2.35. The molecule has 1 fully saturated rings. The summed E-state index contributed by atoms with van der Waals surface area (Å²) in [5.41, 5.74) is 10.7. The first kappa shape index (κ1) is 14.9. The number of β-amino-alcohol motifs (C(OH)–C–C–N with tert-alkyl or cyclic N) is 1. The van der Waals surface area contributed by atoms with Crippen LogP contribution in [0.1, 0.15) is 27.1 Å². The zero-order valence-electron chi connectivity index (χ0n) is 11.1. The Kier molecular flexibility index (Phi) is 4.20. The highest BCUT2D eigenvalue weighted by Gasteiger charge is 2.28. The van der Waals surface area contributed by atoms with E-state index in [9.17, 15) is 19.5 Å². The summed E-state index contributed by atoms with van der Waals surface area (Å²) in [4.78, 5) is 34.5. The summed E-state index contributed by atoms with van der Waals surface area (Å²) in [5, 5.41) is 14.8. The maximum Gasteiger partial charge on any atom is 0.248 e. The molecule has 7 N–H and O–H groups in total. The van der Waals surface area contributed by atoms with Crippen LogP contribution in [-0.4, -0.2) is 41.5 Å². The van der Waals surface area contributed by atoms with Gasteiger partial charge in [0, 0.05) is 23.4 Å². The van der Waals surface area contributed by atoms with E-state index in [1.165, 1.54) is 18.2 Å². The van der Waals surface area contributed by atoms with E-state index >= 15 is 0 Å². The van der Waals surface area contributed by atoms with Crippen molar-refractivity contribution in [1.82, 2.24) is 5.32 Å². The van der Waals surface area contributed by atoms with E-state index in [0.29, 0.717) is 13.0 Å². The molecule has 1 heterocycles. The minimum atomic E-state index is -0.733. The number of nitrogens with one attached hydrogen (secondary N) is 2. The molecule has 0 bridgehead atoms. The SMILES string of the molecule is NC(=O)c1cc(NC(=O)C2CC(O)CN2)cc(C(N)=O)c1. The molecule has 0 aliphatic carbocycles. The number of anilines is 1. The number of nitrogens with two attached hydrogens (primary N) is 2. The Morgan fingerprint density at radius 1 is 1.14 bits per heavy atom. The zero-order valence-corrected chi connectivity index (χ0v) is 11.1. The van der Waals surface area contributed by atoms with Gasteiger partial charge in [0.1, 0.15) is 0 Å². The number of carbonyl (C=O) groups is 3. The van der Waals surface area contributed by atoms with Crippen LogP contribution in [0.5, 0.6) is 0 Å². The third-order valence-corrected chi connectivity index (χ3v) is 3.19. The molecule has 2 atom stereocenters. The summed E-state index contributed by atoms with van der Waals surface area (Å²) in [6, 6.07) is 3.45. The van der Waals surface area contributed by atoms with Crippen molar-refractivity contribution in [2.24, 2.45) is 11.5 Å². The number of primary amides is 2. The third-order valence-electron chi connectivity index (χ3n) is 3.19.